The lowest BCUT2D eigenvalue weighted by Gasteiger charge is -2.22. The Kier molecular flexibility index (Phi) is 6.87. The second-order valence-corrected chi connectivity index (χ2v) is 12.5. The van der Waals surface area contributed by atoms with Crippen LogP contribution in [0.2, 0.25) is 0 Å². The molecule has 0 aliphatic heterocycles. The summed E-state index contributed by atoms with van der Waals surface area (Å²) in [5, 5.41) is 13.0. The van der Waals surface area contributed by atoms with Gasteiger partial charge < -0.3 is 9.67 Å². The van der Waals surface area contributed by atoms with Gasteiger partial charge in [0.15, 0.2) is 0 Å². The van der Waals surface area contributed by atoms with Gasteiger partial charge in [-0.3, -0.25) is 0 Å². The van der Waals surface area contributed by atoms with Crippen LogP contribution >= 0.6 is 47.8 Å². The highest BCUT2D eigenvalue weighted by atomic mass is 79.9. The minimum atomic E-state index is -3.69. The molecule has 0 aliphatic carbocycles. The zero-order valence-electron chi connectivity index (χ0n) is 17.4. The molecule has 1 heterocycles. The number of aliphatic hydroxyl groups excluding tert-OH is 1. The van der Waals surface area contributed by atoms with Gasteiger partial charge >= 0.3 is 0 Å². The van der Waals surface area contributed by atoms with Crippen LogP contribution in [0.15, 0.2) is 72.9 Å². The fourth-order valence-corrected chi connectivity index (χ4v) is 6.88. The Hall–Kier alpha value is -1.23. The molecule has 1 aromatic heterocycles. The third kappa shape index (κ3) is 4.56. The summed E-state index contributed by atoms with van der Waals surface area (Å²) in [6.45, 7) is 2.13. The van der Waals surface area contributed by atoms with Gasteiger partial charge in [0, 0.05) is 43.3 Å². The van der Waals surface area contributed by atoms with Crippen LogP contribution in [0.3, 0.4) is 0 Å². The molecule has 1 atom stereocenters. The highest BCUT2D eigenvalue weighted by Crippen LogP contribution is 2.37. The summed E-state index contributed by atoms with van der Waals surface area (Å²) < 4.78 is 31.9. The summed E-state index contributed by atoms with van der Waals surface area (Å²) in [6.07, 6.45) is -0.904. The van der Waals surface area contributed by atoms with Gasteiger partial charge in [-0.25, -0.2) is 8.42 Å². The molecule has 0 spiro atoms. The van der Waals surface area contributed by atoms with Crippen LogP contribution < -0.4 is 0 Å². The van der Waals surface area contributed by atoms with Crippen molar-refractivity contribution in [1.82, 2.24) is 8.87 Å². The molecular weight excluding hydrogens is 624 g/mol. The second-order valence-electron chi connectivity index (χ2n) is 7.81. The predicted molar refractivity (Wildman–Crippen MR) is 140 cm³/mol. The minimum Gasteiger partial charge on any atom is -0.390 e. The fraction of sp³-hybridized carbons (Fsp3) is 0.217. The molecule has 0 fully saturated rings. The van der Waals surface area contributed by atoms with E-state index in [9.17, 15) is 13.5 Å². The maximum atomic E-state index is 12.9. The number of hydrogen-bond acceptors (Lipinski definition) is 3. The zero-order valence-corrected chi connectivity index (χ0v) is 23.0. The summed E-state index contributed by atoms with van der Waals surface area (Å²) in [6, 6.07) is 16.7. The molecule has 0 saturated carbocycles. The first kappa shape index (κ1) is 23.9. The van der Waals surface area contributed by atoms with Crippen molar-refractivity contribution in [2.75, 3.05) is 13.6 Å². The van der Waals surface area contributed by atoms with E-state index in [-0.39, 0.29) is 18.0 Å². The van der Waals surface area contributed by atoms with E-state index in [1.165, 1.54) is 11.4 Å². The molecule has 0 radical (unpaired) electrons. The molecule has 4 aromatic rings. The molecule has 32 heavy (non-hydrogen) atoms. The second kappa shape index (κ2) is 9.19. The number of benzene rings is 3. The van der Waals surface area contributed by atoms with Crippen LogP contribution in [0.5, 0.6) is 0 Å². The van der Waals surface area contributed by atoms with Gasteiger partial charge in [0.25, 0.3) is 0 Å². The molecule has 1 N–H and O–H groups in total. The lowest BCUT2D eigenvalue weighted by Crippen LogP contribution is -2.36. The molecule has 4 rings (SSSR count). The number of aromatic nitrogens is 1. The summed E-state index contributed by atoms with van der Waals surface area (Å²) in [5.41, 5.74) is 2.90. The Morgan fingerprint density at radius 2 is 1.62 bits per heavy atom. The van der Waals surface area contributed by atoms with Crippen molar-refractivity contribution >= 4 is 79.6 Å². The first-order valence-corrected chi connectivity index (χ1v) is 13.7. The van der Waals surface area contributed by atoms with E-state index in [1.807, 2.05) is 41.8 Å². The summed E-state index contributed by atoms with van der Waals surface area (Å²) in [7, 11) is -2.20. The number of sulfonamides is 1. The van der Waals surface area contributed by atoms with Crippen molar-refractivity contribution in [1.29, 1.82) is 0 Å². The van der Waals surface area contributed by atoms with Crippen molar-refractivity contribution in [2.24, 2.45) is 0 Å². The molecule has 0 saturated heterocycles. The minimum absolute atomic E-state index is 0.0257. The SMILES string of the molecule is Cc1ccc(S(=O)(=O)N(C)C[C@H](O)Cn2c3ccc(Br)cc3c3cc(Br)cc(Br)c32)cc1. The number of aryl methyl sites for hydroxylation is 1. The lowest BCUT2D eigenvalue weighted by molar-refractivity contribution is 0.136. The lowest BCUT2D eigenvalue weighted by atomic mass is 10.2. The van der Waals surface area contributed by atoms with Gasteiger partial charge in [0.1, 0.15) is 0 Å². The van der Waals surface area contributed by atoms with Crippen molar-refractivity contribution in [3.63, 3.8) is 0 Å². The quantitative estimate of drug-likeness (QED) is 0.277. The van der Waals surface area contributed by atoms with Crippen molar-refractivity contribution in [3.05, 3.63) is 73.6 Å². The van der Waals surface area contributed by atoms with E-state index < -0.39 is 16.1 Å². The Morgan fingerprint density at radius 3 is 2.31 bits per heavy atom. The largest absolute Gasteiger partial charge is 0.390 e. The number of hydrogen-bond donors (Lipinski definition) is 1. The molecule has 0 amide bonds. The van der Waals surface area contributed by atoms with Crippen LogP contribution in [-0.4, -0.2) is 42.1 Å². The number of aliphatic hydroxyl groups is 1. The monoisotopic (exact) mass is 642 g/mol. The third-order valence-corrected chi connectivity index (χ3v) is 8.82. The molecular formula is C23H21Br3N2O3S. The topological polar surface area (TPSA) is 62.5 Å². The van der Waals surface area contributed by atoms with Gasteiger partial charge in [-0.15, -0.1) is 0 Å². The summed E-state index contributed by atoms with van der Waals surface area (Å²) in [5.74, 6) is 0. The Morgan fingerprint density at radius 1 is 0.969 bits per heavy atom. The molecule has 0 aliphatic rings. The van der Waals surface area contributed by atoms with Crippen LogP contribution in [-0.2, 0) is 16.6 Å². The molecule has 5 nitrogen and oxygen atoms in total. The van der Waals surface area contributed by atoms with Crippen molar-refractivity contribution in [3.8, 4) is 0 Å². The van der Waals surface area contributed by atoms with Crippen LogP contribution in [0.1, 0.15) is 5.56 Å². The van der Waals surface area contributed by atoms with E-state index >= 15 is 0 Å². The highest BCUT2D eigenvalue weighted by molar-refractivity contribution is 9.11. The molecule has 9 heteroatoms. The van der Waals surface area contributed by atoms with Gasteiger partial charge in [0.05, 0.1) is 23.1 Å². The molecule has 3 aromatic carbocycles. The number of nitrogens with zero attached hydrogens (tertiary/aromatic N) is 2. The van der Waals surface area contributed by atoms with Crippen LogP contribution in [0, 0.1) is 6.92 Å². The van der Waals surface area contributed by atoms with E-state index in [2.05, 4.69) is 47.8 Å². The molecule has 168 valence electrons. The first-order chi connectivity index (χ1) is 15.1. The van der Waals surface area contributed by atoms with Gasteiger partial charge in [0.2, 0.25) is 10.0 Å². The number of fused-ring (bicyclic) bond motifs is 3. The maximum absolute atomic E-state index is 12.9. The number of halogens is 3. The van der Waals surface area contributed by atoms with Crippen LogP contribution in [0.4, 0.5) is 0 Å². The Balaban J connectivity index is 1.68. The van der Waals surface area contributed by atoms with E-state index in [4.69, 9.17) is 0 Å². The normalized spacial score (nSPS) is 13.3. The fourth-order valence-electron chi connectivity index (χ4n) is 3.87. The third-order valence-electron chi connectivity index (χ3n) is 5.43. The smallest absolute Gasteiger partial charge is 0.242 e. The number of likely N-dealkylation sites (N-methyl/N-ethyl adjacent to an activating group) is 1. The number of rotatable bonds is 6. The van der Waals surface area contributed by atoms with E-state index in [0.29, 0.717) is 0 Å². The first-order valence-electron chi connectivity index (χ1n) is 9.85. The van der Waals surface area contributed by atoms with Gasteiger partial charge in [-0.1, -0.05) is 49.6 Å². The average Bonchev–Trinajstić information content (AvgIpc) is 3.01. The van der Waals surface area contributed by atoms with E-state index in [0.717, 1.165) is 40.8 Å². The highest BCUT2D eigenvalue weighted by Gasteiger charge is 2.24. The molecule has 0 bridgehead atoms. The van der Waals surface area contributed by atoms with E-state index in [1.54, 1.807) is 24.3 Å². The summed E-state index contributed by atoms with van der Waals surface area (Å²) >= 11 is 10.7. The molecule has 0 unspecified atom stereocenters. The zero-order chi connectivity index (χ0) is 23.2. The maximum Gasteiger partial charge on any atom is 0.242 e. The van der Waals surface area contributed by atoms with Crippen molar-refractivity contribution < 1.29 is 13.5 Å². The van der Waals surface area contributed by atoms with Crippen LogP contribution in [0.25, 0.3) is 21.8 Å². The van der Waals surface area contributed by atoms with Crippen molar-refractivity contribution in [2.45, 2.75) is 24.5 Å². The van der Waals surface area contributed by atoms with Gasteiger partial charge in [-0.05, 0) is 65.3 Å². The Bertz CT molecular complexity index is 1420. The standard InChI is InChI=1S/C23H21Br3N2O3S/c1-14-3-6-18(7-4-14)32(30,31)27(2)12-17(29)13-28-22-8-5-15(24)9-19(22)20-10-16(25)11-21(26)23(20)28/h3-11,17,29H,12-13H2,1-2H3/t17-/m0/s1. The van der Waals surface area contributed by atoms with Gasteiger partial charge in [-0.2, -0.15) is 4.31 Å². The Labute approximate surface area is 212 Å². The average molecular weight is 645 g/mol. The summed E-state index contributed by atoms with van der Waals surface area (Å²) in [4.78, 5) is 0.215. The predicted octanol–water partition coefficient (Wildman–Crippen LogP) is 6.07.